The SMILES string of the molecule is CCOC(=O)C(CNC(=O)CCNC(N)=O)C1C2CC3CC(C2)CC1C3. The van der Waals surface area contributed by atoms with Crippen LogP contribution in [0.15, 0.2) is 0 Å². The second kappa shape index (κ2) is 8.27. The fourth-order valence-corrected chi connectivity index (χ4v) is 5.86. The summed E-state index contributed by atoms with van der Waals surface area (Å²) in [5, 5.41) is 5.27. The maximum absolute atomic E-state index is 12.6. The number of carbonyl (C=O) groups is 3. The molecule has 3 amide bonds. The number of urea groups is 1. The number of rotatable bonds is 8. The van der Waals surface area contributed by atoms with Crippen molar-refractivity contribution in [3.05, 3.63) is 0 Å². The summed E-state index contributed by atoms with van der Waals surface area (Å²) in [4.78, 5) is 35.4. The fourth-order valence-electron chi connectivity index (χ4n) is 5.86. The first-order valence-corrected chi connectivity index (χ1v) is 9.94. The van der Waals surface area contributed by atoms with Crippen LogP contribution in [-0.4, -0.2) is 37.6 Å². The largest absolute Gasteiger partial charge is 0.466 e. The molecule has 4 saturated carbocycles. The van der Waals surface area contributed by atoms with Crippen LogP contribution in [0.1, 0.15) is 45.4 Å². The summed E-state index contributed by atoms with van der Waals surface area (Å²) in [6.07, 6.45) is 6.43. The van der Waals surface area contributed by atoms with Crippen LogP contribution in [0.25, 0.3) is 0 Å². The number of hydrogen-bond donors (Lipinski definition) is 3. The highest BCUT2D eigenvalue weighted by molar-refractivity contribution is 5.79. The van der Waals surface area contributed by atoms with Crippen molar-refractivity contribution in [3.8, 4) is 0 Å². The number of esters is 1. The normalized spacial score (nSPS) is 32.7. The minimum Gasteiger partial charge on any atom is -0.466 e. The fraction of sp³-hybridized carbons (Fsp3) is 0.842. The van der Waals surface area contributed by atoms with Crippen molar-refractivity contribution >= 4 is 17.9 Å². The van der Waals surface area contributed by atoms with Crippen molar-refractivity contribution in [2.75, 3.05) is 19.7 Å². The van der Waals surface area contributed by atoms with E-state index < -0.39 is 6.03 Å². The monoisotopic (exact) mass is 365 g/mol. The molecule has 0 aromatic rings. The van der Waals surface area contributed by atoms with E-state index in [9.17, 15) is 14.4 Å². The van der Waals surface area contributed by atoms with Gasteiger partial charge < -0.3 is 21.1 Å². The van der Waals surface area contributed by atoms with Crippen LogP contribution in [0.3, 0.4) is 0 Å². The first-order chi connectivity index (χ1) is 12.5. The van der Waals surface area contributed by atoms with Crippen LogP contribution in [0.2, 0.25) is 0 Å². The quantitative estimate of drug-likeness (QED) is 0.565. The van der Waals surface area contributed by atoms with Gasteiger partial charge in [-0.1, -0.05) is 0 Å². The summed E-state index contributed by atoms with van der Waals surface area (Å²) < 4.78 is 5.34. The van der Waals surface area contributed by atoms with E-state index in [1.54, 1.807) is 0 Å². The number of ether oxygens (including phenoxy) is 1. The molecule has 26 heavy (non-hydrogen) atoms. The average molecular weight is 365 g/mol. The van der Waals surface area contributed by atoms with E-state index in [0.29, 0.717) is 30.9 Å². The summed E-state index contributed by atoms with van der Waals surface area (Å²) in [6.45, 7) is 2.70. The average Bonchev–Trinajstić information content (AvgIpc) is 2.56. The van der Waals surface area contributed by atoms with Gasteiger partial charge in [-0.05, 0) is 68.6 Å². The maximum Gasteiger partial charge on any atom is 0.312 e. The van der Waals surface area contributed by atoms with Crippen LogP contribution >= 0.6 is 0 Å². The van der Waals surface area contributed by atoms with Gasteiger partial charge in [0.05, 0.1) is 12.5 Å². The minimum atomic E-state index is -0.643. The zero-order chi connectivity index (χ0) is 18.7. The van der Waals surface area contributed by atoms with E-state index in [0.717, 1.165) is 11.8 Å². The van der Waals surface area contributed by atoms with E-state index >= 15 is 0 Å². The Morgan fingerprint density at radius 1 is 1.04 bits per heavy atom. The standard InChI is InChI=1S/C19H31N3O4/c1-2-26-18(24)15(10-22-16(23)3-4-21-19(20)25)17-13-6-11-5-12(8-13)9-14(17)7-11/h11-15,17H,2-10H2,1H3,(H,22,23)(H3,20,21,25). The third-order valence-corrected chi connectivity index (χ3v) is 6.52. The second-order valence-corrected chi connectivity index (χ2v) is 8.21. The number of nitrogens with two attached hydrogens (primary N) is 1. The molecule has 0 aliphatic heterocycles. The smallest absolute Gasteiger partial charge is 0.312 e. The zero-order valence-electron chi connectivity index (χ0n) is 15.5. The Morgan fingerprint density at radius 3 is 2.19 bits per heavy atom. The van der Waals surface area contributed by atoms with Gasteiger partial charge in [0.15, 0.2) is 0 Å². The number of hydrogen-bond acceptors (Lipinski definition) is 4. The summed E-state index contributed by atoms with van der Waals surface area (Å²) >= 11 is 0. The number of primary amides is 1. The molecule has 0 aromatic carbocycles. The molecule has 4 aliphatic carbocycles. The summed E-state index contributed by atoms with van der Waals surface area (Å²) in [5.41, 5.74) is 5.00. The molecule has 0 aromatic heterocycles. The molecule has 0 spiro atoms. The molecule has 4 N–H and O–H groups in total. The molecule has 1 atom stereocenters. The van der Waals surface area contributed by atoms with Crippen molar-refractivity contribution in [2.45, 2.75) is 45.4 Å². The second-order valence-electron chi connectivity index (χ2n) is 8.21. The van der Waals surface area contributed by atoms with E-state index in [1.807, 2.05) is 6.92 Å². The van der Waals surface area contributed by atoms with E-state index in [1.165, 1.54) is 32.1 Å². The van der Waals surface area contributed by atoms with E-state index in [4.69, 9.17) is 10.5 Å². The molecule has 4 aliphatic rings. The Labute approximate surface area is 154 Å². The Morgan fingerprint density at radius 2 is 1.65 bits per heavy atom. The Hall–Kier alpha value is -1.79. The lowest BCUT2D eigenvalue weighted by Gasteiger charge is -2.56. The Kier molecular flexibility index (Phi) is 6.04. The van der Waals surface area contributed by atoms with Gasteiger partial charge in [-0.25, -0.2) is 4.79 Å². The lowest BCUT2D eigenvalue weighted by molar-refractivity contribution is -0.157. The van der Waals surface area contributed by atoms with Gasteiger partial charge in [0, 0.05) is 19.5 Å². The molecular formula is C19H31N3O4. The minimum absolute atomic E-state index is 0.153. The molecule has 0 radical (unpaired) electrons. The summed E-state index contributed by atoms with van der Waals surface area (Å²) in [5.74, 6) is 2.56. The van der Waals surface area contributed by atoms with Crippen LogP contribution < -0.4 is 16.4 Å². The predicted molar refractivity (Wildman–Crippen MR) is 95.9 cm³/mol. The van der Waals surface area contributed by atoms with Gasteiger partial charge >= 0.3 is 12.0 Å². The third-order valence-electron chi connectivity index (χ3n) is 6.52. The first-order valence-electron chi connectivity index (χ1n) is 9.94. The number of carbonyl (C=O) groups excluding carboxylic acids is 3. The third kappa shape index (κ3) is 4.30. The number of nitrogens with one attached hydrogen (secondary N) is 2. The Balaban J connectivity index is 1.60. The molecule has 7 heteroatoms. The number of amides is 3. The molecule has 7 nitrogen and oxygen atoms in total. The zero-order valence-corrected chi connectivity index (χ0v) is 15.5. The highest BCUT2D eigenvalue weighted by Gasteiger charge is 2.52. The van der Waals surface area contributed by atoms with Crippen LogP contribution in [0.5, 0.6) is 0 Å². The molecule has 4 bridgehead atoms. The summed E-state index contributed by atoms with van der Waals surface area (Å²) in [7, 11) is 0. The summed E-state index contributed by atoms with van der Waals surface area (Å²) in [6, 6.07) is -0.643. The van der Waals surface area contributed by atoms with Gasteiger partial charge in [0.25, 0.3) is 0 Å². The van der Waals surface area contributed by atoms with Crippen LogP contribution in [0, 0.1) is 35.5 Å². The topological polar surface area (TPSA) is 111 Å². The van der Waals surface area contributed by atoms with Gasteiger partial charge in [-0.3, -0.25) is 9.59 Å². The van der Waals surface area contributed by atoms with Crippen molar-refractivity contribution in [2.24, 2.45) is 41.2 Å². The first kappa shape index (κ1) is 19.0. The van der Waals surface area contributed by atoms with Crippen molar-refractivity contribution in [1.29, 1.82) is 0 Å². The van der Waals surface area contributed by atoms with Gasteiger partial charge in [0.2, 0.25) is 5.91 Å². The molecule has 146 valence electrons. The van der Waals surface area contributed by atoms with Gasteiger partial charge in [-0.2, -0.15) is 0 Å². The van der Waals surface area contributed by atoms with E-state index in [-0.39, 0.29) is 30.8 Å². The van der Waals surface area contributed by atoms with Gasteiger partial charge in [0.1, 0.15) is 0 Å². The molecule has 0 heterocycles. The molecule has 4 rings (SSSR count). The lowest BCUT2D eigenvalue weighted by atomic mass is 9.49. The molecule has 4 fully saturated rings. The van der Waals surface area contributed by atoms with Crippen molar-refractivity contribution in [3.63, 3.8) is 0 Å². The predicted octanol–water partition coefficient (Wildman–Crippen LogP) is 1.41. The van der Waals surface area contributed by atoms with Crippen LogP contribution in [0.4, 0.5) is 4.79 Å². The lowest BCUT2D eigenvalue weighted by Crippen LogP contribution is -2.52. The van der Waals surface area contributed by atoms with E-state index in [2.05, 4.69) is 10.6 Å². The van der Waals surface area contributed by atoms with Crippen LogP contribution in [-0.2, 0) is 14.3 Å². The Bertz CT molecular complexity index is 523. The maximum atomic E-state index is 12.6. The molecule has 1 unspecified atom stereocenters. The van der Waals surface area contributed by atoms with Crippen molar-refractivity contribution < 1.29 is 19.1 Å². The molecular weight excluding hydrogens is 334 g/mol. The van der Waals surface area contributed by atoms with Crippen molar-refractivity contribution in [1.82, 2.24) is 10.6 Å². The highest BCUT2D eigenvalue weighted by Crippen LogP contribution is 2.58. The molecule has 0 saturated heterocycles. The highest BCUT2D eigenvalue weighted by atomic mass is 16.5. The van der Waals surface area contributed by atoms with Gasteiger partial charge in [-0.15, -0.1) is 0 Å².